The van der Waals surface area contributed by atoms with Gasteiger partial charge in [0.05, 0.1) is 0 Å². The zero-order valence-corrected chi connectivity index (χ0v) is 8.50. The first-order chi connectivity index (χ1) is 5.27. The molecule has 2 aromatic rings. The topological polar surface area (TPSA) is 0 Å². The van der Waals surface area contributed by atoms with Crippen molar-refractivity contribution in [3.05, 3.63) is 33.6 Å². The summed E-state index contributed by atoms with van der Waals surface area (Å²) in [5.74, 6) is 0. The van der Waals surface area contributed by atoms with E-state index in [1.54, 1.807) is 11.3 Å². The van der Waals surface area contributed by atoms with Crippen molar-refractivity contribution in [2.24, 2.45) is 0 Å². The van der Waals surface area contributed by atoms with Crippen LogP contribution in [0.5, 0.6) is 0 Å². The molecule has 0 spiro atoms. The van der Waals surface area contributed by atoms with E-state index in [1.807, 2.05) is 0 Å². The van der Waals surface area contributed by atoms with Crippen molar-refractivity contribution >= 4 is 37.4 Å². The summed E-state index contributed by atoms with van der Waals surface area (Å²) in [6.45, 7) is 2.14. The fourth-order valence-corrected chi connectivity index (χ4v) is 2.84. The van der Waals surface area contributed by atoms with Gasteiger partial charge in [0.2, 0.25) is 0 Å². The van der Waals surface area contributed by atoms with E-state index in [9.17, 15) is 0 Å². The molecule has 0 aliphatic rings. The van der Waals surface area contributed by atoms with Crippen LogP contribution >= 0.6 is 27.3 Å². The third-order valence-electron chi connectivity index (χ3n) is 1.74. The smallest absolute Gasteiger partial charge is 0.0356 e. The van der Waals surface area contributed by atoms with Crippen molar-refractivity contribution in [1.29, 1.82) is 0 Å². The van der Waals surface area contributed by atoms with Crippen LogP contribution in [0, 0.1) is 6.92 Å². The number of halogens is 1. The zero-order valence-electron chi connectivity index (χ0n) is 6.10. The Morgan fingerprint density at radius 2 is 2.18 bits per heavy atom. The van der Waals surface area contributed by atoms with Crippen LogP contribution in [-0.4, -0.2) is 0 Å². The Morgan fingerprint density at radius 3 is 3.00 bits per heavy atom. The maximum absolute atomic E-state index is 3.47. The summed E-state index contributed by atoms with van der Waals surface area (Å²) in [6, 6.07) is 6.48. The molecule has 0 unspecified atom stereocenters. The molecule has 0 nitrogen and oxygen atoms in total. The van der Waals surface area contributed by atoms with E-state index in [0.29, 0.717) is 0 Å². The van der Waals surface area contributed by atoms with Crippen molar-refractivity contribution < 1.29 is 0 Å². The third-order valence-corrected chi connectivity index (χ3v) is 3.07. The minimum absolute atomic E-state index is 1.17. The highest BCUT2D eigenvalue weighted by Gasteiger charge is 1.98. The Kier molecular flexibility index (Phi) is 1.74. The number of thiophene rings is 1. The Morgan fingerprint density at radius 1 is 1.36 bits per heavy atom. The number of hydrogen-bond acceptors (Lipinski definition) is 1. The summed E-state index contributed by atoms with van der Waals surface area (Å²) in [5.41, 5.74) is 1.34. The van der Waals surface area contributed by atoms with Crippen LogP contribution in [0.4, 0.5) is 0 Å². The molecule has 0 N–H and O–H groups in total. The van der Waals surface area contributed by atoms with Gasteiger partial charge in [0.1, 0.15) is 0 Å². The Labute approximate surface area is 78.0 Å². The Bertz CT molecular complexity index is 389. The molecule has 0 aliphatic carbocycles. The average molecular weight is 227 g/mol. The lowest BCUT2D eigenvalue weighted by molar-refractivity contribution is 1.53. The minimum Gasteiger partial charge on any atom is -0.144 e. The van der Waals surface area contributed by atoms with Gasteiger partial charge in [0.25, 0.3) is 0 Å². The lowest BCUT2D eigenvalue weighted by atomic mass is 10.2. The van der Waals surface area contributed by atoms with Gasteiger partial charge in [-0.15, -0.1) is 11.3 Å². The summed E-state index contributed by atoms with van der Waals surface area (Å²) in [4.78, 5) is 0. The molecule has 0 bridgehead atoms. The highest BCUT2D eigenvalue weighted by Crippen LogP contribution is 2.27. The van der Waals surface area contributed by atoms with Gasteiger partial charge in [-0.3, -0.25) is 0 Å². The molecule has 11 heavy (non-hydrogen) atoms. The van der Waals surface area contributed by atoms with Gasteiger partial charge < -0.3 is 0 Å². The van der Waals surface area contributed by atoms with Crippen LogP contribution in [0.2, 0.25) is 0 Å². The molecule has 1 aromatic carbocycles. The number of benzene rings is 1. The number of hydrogen-bond donors (Lipinski definition) is 0. The number of fused-ring (bicyclic) bond motifs is 1. The van der Waals surface area contributed by atoms with Crippen molar-refractivity contribution in [2.45, 2.75) is 6.92 Å². The summed E-state index contributed by atoms with van der Waals surface area (Å²) >= 11 is 5.26. The van der Waals surface area contributed by atoms with Gasteiger partial charge in [-0.1, -0.05) is 15.9 Å². The van der Waals surface area contributed by atoms with Gasteiger partial charge in [-0.2, -0.15) is 0 Å². The van der Waals surface area contributed by atoms with Gasteiger partial charge >= 0.3 is 0 Å². The van der Waals surface area contributed by atoms with Crippen molar-refractivity contribution in [1.82, 2.24) is 0 Å². The van der Waals surface area contributed by atoms with Gasteiger partial charge in [-0.25, -0.2) is 0 Å². The largest absolute Gasteiger partial charge is 0.144 e. The third kappa shape index (κ3) is 1.21. The average Bonchev–Trinajstić information content (AvgIpc) is 2.34. The molecule has 0 aliphatic heterocycles. The van der Waals surface area contributed by atoms with Crippen molar-refractivity contribution in [3.8, 4) is 0 Å². The van der Waals surface area contributed by atoms with Crippen LogP contribution < -0.4 is 0 Å². The summed E-state index contributed by atoms with van der Waals surface area (Å²) in [7, 11) is 0. The molecule has 2 rings (SSSR count). The van der Waals surface area contributed by atoms with Crippen LogP contribution in [0.1, 0.15) is 5.56 Å². The first-order valence-corrected chi connectivity index (χ1v) is 5.08. The van der Waals surface area contributed by atoms with Crippen LogP contribution in [-0.2, 0) is 0 Å². The SMILES string of the molecule is Cc1cc(Br)cc2sccc12. The standard InChI is InChI=1S/C9H7BrS/c1-6-4-7(10)5-9-8(6)2-3-11-9/h2-5H,1H3. The van der Waals surface area contributed by atoms with Gasteiger partial charge in [0, 0.05) is 9.17 Å². The maximum Gasteiger partial charge on any atom is 0.0356 e. The number of aryl methyl sites for hydroxylation is 1. The highest BCUT2D eigenvalue weighted by atomic mass is 79.9. The lowest BCUT2D eigenvalue weighted by Gasteiger charge is -1.96. The maximum atomic E-state index is 3.47. The highest BCUT2D eigenvalue weighted by molar-refractivity contribution is 9.10. The van der Waals surface area contributed by atoms with E-state index in [2.05, 4.69) is 46.4 Å². The fourth-order valence-electron chi connectivity index (χ4n) is 1.21. The normalized spacial score (nSPS) is 10.7. The molecule has 1 heterocycles. The second kappa shape index (κ2) is 2.61. The summed E-state index contributed by atoms with van der Waals surface area (Å²) in [5, 5.41) is 3.50. The van der Waals surface area contributed by atoms with Crippen LogP contribution in [0.15, 0.2) is 28.1 Å². The monoisotopic (exact) mass is 226 g/mol. The quantitative estimate of drug-likeness (QED) is 0.638. The molecule has 56 valence electrons. The molecule has 0 saturated carbocycles. The minimum atomic E-state index is 1.17. The zero-order chi connectivity index (χ0) is 7.84. The van der Waals surface area contributed by atoms with Crippen molar-refractivity contribution in [2.75, 3.05) is 0 Å². The van der Waals surface area contributed by atoms with Crippen molar-refractivity contribution in [3.63, 3.8) is 0 Å². The molecule has 2 heteroatoms. The molecule has 0 atom stereocenters. The summed E-state index contributed by atoms with van der Waals surface area (Å²) in [6.07, 6.45) is 0. The molecular formula is C9H7BrS. The second-order valence-electron chi connectivity index (χ2n) is 2.56. The van der Waals surface area contributed by atoms with E-state index < -0.39 is 0 Å². The van der Waals surface area contributed by atoms with Gasteiger partial charge in [-0.05, 0) is 41.5 Å². The predicted molar refractivity (Wildman–Crippen MR) is 54.3 cm³/mol. The molecule has 1 aromatic heterocycles. The van der Waals surface area contributed by atoms with E-state index in [-0.39, 0.29) is 0 Å². The molecule has 0 fully saturated rings. The van der Waals surface area contributed by atoms with Gasteiger partial charge in [0.15, 0.2) is 0 Å². The predicted octanol–water partition coefficient (Wildman–Crippen LogP) is 3.97. The molecule has 0 radical (unpaired) electrons. The number of rotatable bonds is 0. The lowest BCUT2D eigenvalue weighted by Crippen LogP contribution is -1.72. The van der Waals surface area contributed by atoms with E-state index >= 15 is 0 Å². The van der Waals surface area contributed by atoms with Crippen LogP contribution in [0.25, 0.3) is 10.1 Å². The first kappa shape index (κ1) is 7.32. The second-order valence-corrected chi connectivity index (χ2v) is 4.42. The fraction of sp³-hybridized carbons (Fsp3) is 0.111. The van der Waals surface area contributed by atoms with E-state index in [1.165, 1.54) is 20.1 Å². The Hall–Kier alpha value is -0.340. The van der Waals surface area contributed by atoms with E-state index in [0.717, 1.165) is 0 Å². The molecule has 0 amide bonds. The molecular weight excluding hydrogens is 220 g/mol. The van der Waals surface area contributed by atoms with E-state index in [4.69, 9.17) is 0 Å². The first-order valence-electron chi connectivity index (χ1n) is 3.41. The summed E-state index contributed by atoms with van der Waals surface area (Å²) < 4.78 is 2.53. The van der Waals surface area contributed by atoms with Crippen LogP contribution in [0.3, 0.4) is 0 Å². The molecule has 0 saturated heterocycles. The Balaban J connectivity index is 2.91.